The third-order valence-corrected chi connectivity index (χ3v) is 4.37. The summed E-state index contributed by atoms with van der Waals surface area (Å²) in [6, 6.07) is 5.76. The summed E-state index contributed by atoms with van der Waals surface area (Å²) in [6.07, 6.45) is 3.58. The molecule has 1 aromatic rings. The zero-order valence-electron chi connectivity index (χ0n) is 15.6. The molecule has 6 nitrogen and oxygen atoms in total. The average molecular weight is 463 g/mol. The number of nitrogens with zero attached hydrogens (tertiary/aromatic N) is 1. The predicted molar refractivity (Wildman–Crippen MR) is 113 cm³/mol. The van der Waals surface area contributed by atoms with Gasteiger partial charge in [-0.3, -0.25) is 4.99 Å². The highest BCUT2D eigenvalue weighted by molar-refractivity contribution is 14.0. The van der Waals surface area contributed by atoms with Crippen LogP contribution < -0.4 is 20.1 Å². The van der Waals surface area contributed by atoms with Gasteiger partial charge in [0.05, 0.1) is 13.7 Å². The van der Waals surface area contributed by atoms with Gasteiger partial charge in [-0.2, -0.15) is 0 Å². The van der Waals surface area contributed by atoms with Crippen LogP contribution in [0.25, 0.3) is 0 Å². The van der Waals surface area contributed by atoms with Crippen LogP contribution in [0, 0.1) is 5.41 Å². The summed E-state index contributed by atoms with van der Waals surface area (Å²) in [6.45, 7) is 4.26. The van der Waals surface area contributed by atoms with Gasteiger partial charge in [-0.15, -0.1) is 24.0 Å². The van der Waals surface area contributed by atoms with Crippen LogP contribution in [0.4, 0.5) is 5.69 Å². The molecule has 0 amide bonds. The lowest BCUT2D eigenvalue weighted by molar-refractivity contribution is 0.172. The quantitative estimate of drug-likeness (QED) is 0.334. The van der Waals surface area contributed by atoms with Crippen LogP contribution in [0.5, 0.6) is 11.5 Å². The molecule has 2 N–H and O–H groups in total. The molecule has 0 atom stereocenters. The monoisotopic (exact) mass is 463 g/mol. The topological polar surface area (TPSA) is 64.1 Å². The van der Waals surface area contributed by atoms with Crippen molar-refractivity contribution in [1.82, 2.24) is 5.32 Å². The summed E-state index contributed by atoms with van der Waals surface area (Å²) in [5.74, 6) is 2.20. The molecule has 2 rings (SSSR count). The summed E-state index contributed by atoms with van der Waals surface area (Å²) in [4.78, 5) is 4.30. The van der Waals surface area contributed by atoms with E-state index in [0.29, 0.717) is 12.0 Å². The Labute approximate surface area is 167 Å². The fraction of sp³-hybridized carbons (Fsp3) is 0.611. The number of aliphatic imine (C=N–C) groups is 1. The van der Waals surface area contributed by atoms with E-state index in [2.05, 4.69) is 15.6 Å². The number of benzene rings is 1. The van der Waals surface area contributed by atoms with Gasteiger partial charge in [0.25, 0.3) is 0 Å². The van der Waals surface area contributed by atoms with Crippen molar-refractivity contribution in [3.05, 3.63) is 18.2 Å². The van der Waals surface area contributed by atoms with Gasteiger partial charge >= 0.3 is 0 Å². The maximum absolute atomic E-state index is 5.61. The molecule has 1 saturated carbocycles. The second-order valence-electron chi connectivity index (χ2n) is 6.09. The molecule has 0 spiro atoms. The first-order valence-electron chi connectivity index (χ1n) is 8.44. The Morgan fingerprint density at radius 1 is 1.24 bits per heavy atom. The van der Waals surface area contributed by atoms with Gasteiger partial charge in [-0.05, 0) is 43.7 Å². The third kappa shape index (κ3) is 6.54. The van der Waals surface area contributed by atoms with Crippen LogP contribution in [0.2, 0.25) is 0 Å². The highest BCUT2D eigenvalue weighted by Crippen LogP contribution is 2.48. The van der Waals surface area contributed by atoms with E-state index in [1.54, 1.807) is 21.3 Å². The van der Waals surface area contributed by atoms with Gasteiger partial charge in [0.1, 0.15) is 0 Å². The molecule has 1 fully saturated rings. The van der Waals surface area contributed by atoms with E-state index in [0.717, 1.165) is 42.7 Å². The first-order valence-corrected chi connectivity index (χ1v) is 8.44. The van der Waals surface area contributed by atoms with Crippen molar-refractivity contribution in [1.29, 1.82) is 0 Å². The molecule has 1 aromatic carbocycles. The Morgan fingerprint density at radius 3 is 2.56 bits per heavy atom. The zero-order valence-corrected chi connectivity index (χ0v) is 17.9. The minimum absolute atomic E-state index is 0. The lowest BCUT2D eigenvalue weighted by Crippen LogP contribution is -2.35. The number of methoxy groups -OCH3 is 2. The number of halogens is 1. The fourth-order valence-corrected chi connectivity index (χ4v) is 2.62. The molecule has 0 aromatic heterocycles. The number of ether oxygens (including phenoxy) is 3. The zero-order chi connectivity index (χ0) is 17.4. The number of guanidine groups is 1. The number of nitrogens with one attached hydrogen (secondary N) is 2. The van der Waals surface area contributed by atoms with E-state index in [1.807, 2.05) is 25.1 Å². The maximum atomic E-state index is 5.61. The summed E-state index contributed by atoms with van der Waals surface area (Å²) in [5.41, 5.74) is 1.28. The first kappa shape index (κ1) is 21.8. The maximum Gasteiger partial charge on any atom is 0.195 e. The minimum atomic E-state index is 0. The van der Waals surface area contributed by atoms with E-state index in [9.17, 15) is 0 Å². The van der Waals surface area contributed by atoms with Crippen molar-refractivity contribution in [3.8, 4) is 11.5 Å². The van der Waals surface area contributed by atoms with Crippen LogP contribution in [0.3, 0.4) is 0 Å². The number of hydrogen-bond donors (Lipinski definition) is 2. The normalized spacial score (nSPS) is 15.1. The molecular weight excluding hydrogens is 433 g/mol. The third-order valence-electron chi connectivity index (χ3n) is 4.37. The molecule has 142 valence electrons. The molecule has 0 unspecified atom stereocenters. The molecule has 0 bridgehead atoms. The standard InChI is InChI=1S/C18H29N3O3.HI/c1-5-24-16-12-14(6-7-15(16)23-4)21-17(19-2)20-13-18(8-9-18)10-11-22-3;/h6-7,12H,5,8-11,13H2,1-4H3,(H2,19,20,21);1H. The van der Waals surface area contributed by atoms with Gasteiger partial charge in [-0.25, -0.2) is 0 Å². The van der Waals surface area contributed by atoms with Crippen LogP contribution in [-0.4, -0.2) is 47.0 Å². The molecule has 0 saturated heterocycles. The summed E-state index contributed by atoms with van der Waals surface area (Å²) < 4.78 is 16.1. The average Bonchev–Trinajstić information content (AvgIpc) is 3.37. The number of anilines is 1. The molecular formula is C18H30IN3O3. The van der Waals surface area contributed by atoms with Crippen LogP contribution in [0.15, 0.2) is 23.2 Å². The largest absolute Gasteiger partial charge is 0.493 e. The van der Waals surface area contributed by atoms with E-state index < -0.39 is 0 Å². The molecule has 0 aliphatic heterocycles. The second kappa shape index (κ2) is 10.7. The summed E-state index contributed by atoms with van der Waals surface area (Å²) >= 11 is 0. The Morgan fingerprint density at radius 2 is 2.00 bits per heavy atom. The molecule has 1 aliphatic rings. The highest BCUT2D eigenvalue weighted by Gasteiger charge is 2.41. The highest BCUT2D eigenvalue weighted by atomic mass is 127. The van der Waals surface area contributed by atoms with Gasteiger partial charge in [0.2, 0.25) is 0 Å². The lowest BCUT2D eigenvalue weighted by atomic mass is 10.0. The van der Waals surface area contributed by atoms with Gasteiger partial charge in [-0.1, -0.05) is 0 Å². The molecule has 1 aliphatic carbocycles. The van der Waals surface area contributed by atoms with E-state index in [1.165, 1.54) is 12.8 Å². The molecule has 7 heteroatoms. The number of rotatable bonds is 9. The Bertz CT molecular complexity index is 562. The van der Waals surface area contributed by atoms with Crippen molar-refractivity contribution in [2.75, 3.05) is 46.3 Å². The SMILES string of the molecule is CCOc1cc(NC(=NC)NCC2(CCOC)CC2)ccc1OC.I. The summed E-state index contributed by atoms with van der Waals surface area (Å²) in [5, 5.41) is 6.73. The van der Waals surface area contributed by atoms with Crippen molar-refractivity contribution < 1.29 is 14.2 Å². The molecule has 25 heavy (non-hydrogen) atoms. The van der Waals surface area contributed by atoms with Crippen molar-refractivity contribution >= 4 is 35.6 Å². The van der Waals surface area contributed by atoms with Crippen LogP contribution in [0.1, 0.15) is 26.2 Å². The van der Waals surface area contributed by atoms with Gasteiger partial charge in [0, 0.05) is 39.1 Å². The second-order valence-corrected chi connectivity index (χ2v) is 6.09. The predicted octanol–water partition coefficient (Wildman–Crippen LogP) is 3.52. The van der Waals surface area contributed by atoms with Gasteiger partial charge < -0.3 is 24.8 Å². The lowest BCUT2D eigenvalue weighted by Gasteiger charge is -2.19. The Balaban J connectivity index is 0.00000312. The fourth-order valence-electron chi connectivity index (χ4n) is 2.62. The van der Waals surface area contributed by atoms with E-state index >= 15 is 0 Å². The molecule has 0 radical (unpaired) electrons. The van der Waals surface area contributed by atoms with Crippen LogP contribution in [-0.2, 0) is 4.74 Å². The minimum Gasteiger partial charge on any atom is -0.493 e. The van der Waals surface area contributed by atoms with Gasteiger partial charge in [0.15, 0.2) is 17.5 Å². The summed E-state index contributed by atoms with van der Waals surface area (Å²) in [7, 11) is 5.17. The van der Waals surface area contributed by atoms with Crippen molar-refractivity contribution in [3.63, 3.8) is 0 Å². The van der Waals surface area contributed by atoms with Crippen molar-refractivity contribution in [2.24, 2.45) is 10.4 Å². The van der Waals surface area contributed by atoms with Crippen molar-refractivity contribution in [2.45, 2.75) is 26.2 Å². The van der Waals surface area contributed by atoms with Crippen LogP contribution >= 0.6 is 24.0 Å². The number of hydrogen-bond acceptors (Lipinski definition) is 4. The first-order chi connectivity index (χ1) is 11.7. The Hall–Kier alpha value is -1.22. The smallest absolute Gasteiger partial charge is 0.195 e. The molecule has 0 heterocycles. The van der Waals surface area contributed by atoms with E-state index in [4.69, 9.17) is 14.2 Å². The van der Waals surface area contributed by atoms with E-state index in [-0.39, 0.29) is 24.0 Å². The Kier molecular flexibility index (Phi) is 9.34.